The number of methoxy groups -OCH3 is 1. The van der Waals surface area contributed by atoms with Gasteiger partial charge in [-0.1, -0.05) is 0 Å². The van der Waals surface area contributed by atoms with Crippen LogP contribution < -0.4 is 10.1 Å². The molecule has 122 valence electrons. The summed E-state index contributed by atoms with van der Waals surface area (Å²) in [5.41, 5.74) is 1.72. The second-order valence-corrected chi connectivity index (χ2v) is 5.76. The number of ether oxygens (including phenoxy) is 2. The summed E-state index contributed by atoms with van der Waals surface area (Å²) in [6.07, 6.45) is 0.0403. The van der Waals surface area contributed by atoms with Crippen LogP contribution in [-0.4, -0.2) is 25.1 Å². The fraction of sp³-hybridized carbons (Fsp3) is 0.294. The molecule has 1 aromatic carbocycles. The normalized spacial score (nSPS) is 11.6. The maximum Gasteiger partial charge on any atom is 0.306 e. The number of rotatable bonds is 7. The van der Waals surface area contributed by atoms with Crippen LogP contribution in [0.15, 0.2) is 41.1 Å². The Morgan fingerprint density at radius 2 is 1.96 bits per heavy atom. The minimum absolute atomic E-state index is 0.261. The van der Waals surface area contributed by atoms with E-state index in [0.717, 1.165) is 5.56 Å². The van der Waals surface area contributed by atoms with Crippen molar-refractivity contribution in [3.8, 4) is 5.75 Å². The van der Waals surface area contributed by atoms with Gasteiger partial charge in [-0.3, -0.25) is 9.59 Å². The van der Waals surface area contributed by atoms with Crippen molar-refractivity contribution in [3.63, 3.8) is 0 Å². The van der Waals surface area contributed by atoms with E-state index in [2.05, 4.69) is 5.32 Å². The van der Waals surface area contributed by atoms with Gasteiger partial charge in [-0.15, -0.1) is 0 Å². The zero-order valence-electron chi connectivity index (χ0n) is 13.1. The zero-order chi connectivity index (χ0) is 16.7. The van der Waals surface area contributed by atoms with E-state index in [1.165, 1.54) is 0 Å². The molecule has 1 unspecified atom stereocenters. The Bertz CT molecular complexity index is 637. The van der Waals surface area contributed by atoms with Crippen molar-refractivity contribution in [2.24, 2.45) is 0 Å². The molecule has 0 aliphatic carbocycles. The topological polar surface area (TPSA) is 64.6 Å². The summed E-state index contributed by atoms with van der Waals surface area (Å²) in [5.74, 6) is -0.0384. The minimum Gasteiger partial charge on any atom is -0.497 e. The number of amides is 1. The molecule has 1 heterocycles. The fourth-order valence-corrected chi connectivity index (χ4v) is 2.61. The standard InChI is InChI=1S/C17H19NO4S/c1-12(22-16(19)8-3-13-9-10-23-11-13)17(20)18-14-4-6-15(21-2)7-5-14/h4-7,9-12H,3,8H2,1-2H3,(H,18,20). The lowest BCUT2D eigenvalue weighted by atomic mass is 10.2. The third kappa shape index (κ3) is 5.41. The summed E-state index contributed by atoms with van der Waals surface area (Å²) in [6, 6.07) is 8.90. The van der Waals surface area contributed by atoms with E-state index in [-0.39, 0.29) is 18.3 Å². The van der Waals surface area contributed by atoms with Crippen LogP contribution in [0, 0.1) is 0 Å². The van der Waals surface area contributed by atoms with Gasteiger partial charge in [-0.05, 0) is 60.0 Å². The predicted octanol–water partition coefficient (Wildman–Crippen LogP) is 3.26. The SMILES string of the molecule is COc1ccc(NC(=O)C(C)OC(=O)CCc2ccsc2)cc1. The lowest BCUT2D eigenvalue weighted by Gasteiger charge is -2.13. The number of carbonyl (C=O) groups excluding carboxylic acids is 2. The molecule has 2 aromatic rings. The Morgan fingerprint density at radius 1 is 1.22 bits per heavy atom. The number of thiophene rings is 1. The highest BCUT2D eigenvalue weighted by Crippen LogP contribution is 2.15. The number of benzene rings is 1. The van der Waals surface area contributed by atoms with E-state index in [0.29, 0.717) is 17.9 Å². The molecule has 23 heavy (non-hydrogen) atoms. The van der Waals surface area contributed by atoms with Crippen LogP contribution in [0.3, 0.4) is 0 Å². The Morgan fingerprint density at radius 3 is 2.57 bits per heavy atom. The van der Waals surface area contributed by atoms with Crippen molar-refractivity contribution < 1.29 is 19.1 Å². The number of aryl methyl sites for hydroxylation is 1. The number of hydrogen-bond acceptors (Lipinski definition) is 5. The molecule has 0 aliphatic rings. The van der Waals surface area contributed by atoms with Crippen LogP contribution in [0.4, 0.5) is 5.69 Å². The van der Waals surface area contributed by atoms with Crippen LogP contribution in [-0.2, 0) is 20.7 Å². The van der Waals surface area contributed by atoms with E-state index in [1.807, 2.05) is 16.8 Å². The smallest absolute Gasteiger partial charge is 0.306 e. The molecule has 2 rings (SSSR count). The molecule has 0 saturated heterocycles. The number of anilines is 1. The Labute approximate surface area is 139 Å². The van der Waals surface area contributed by atoms with E-state index in [9.17, 15) is 9.59 Å². The molecule has 0 radical (unpaired) electrons. The van der Waals surface area contributed by atoms with Crippen LogP contribution >= 0.6 is 11.3 Å². The third-order valence-electron chi connectivity index (χ3n) is 3.23. The molecular weight excluding hydrogens is 314 g/mol. The van der Waals surface area contributed by atoms with Crippen molar-refractivity contribution >= 4 is 28.9 Å². The average Bonchev–Trinajstić information content (AvgIpc) is 3.07. The van der Waals surface area contributed by atoms with Crippen molar-refractivity contribution in [2.45, 2.75) is 25.9 Å². The van der Waals surface area contributed by atoms with Crippen molar-refractivity contribution in [2.75, 3.05) is 12.4 Å². The second-order valence-electron chi connectivity index (χ2n) is 4.98. The highest BCUT2D eigenvalue weighted by atomic mass is 32.1. The first kappa shape index (κ1) is 17.0. The van der Waals surface area contributed by atoms with Gasteiger partial charge in [0.25, 0.3) is 5.91 Å². The maximum atomic E-state index is 12.0. The van der Waals surface area contributed by atoms with Crippen LogP contribution in [0.2, 0.25) is 0 Å². The number of nitrogens with one attached hydrogen (secondary N) is 1. The van der Waals surface area contributed by atoms with Gasteiger partial charge in [0.1, 0.15) is 5.75 Å². The molecular formula is C17H19NO4S. The molecule has 0 bridgehead atoms. The lowest BCUT2D eigenvalue weighted by Crippen LogP contribution is -2.30. The van der Waals surface area contributed by atoms with Gasteiger partial charge in [0, 0.05) is 12.1 Å². The molecule has 1 amide bonds. The molecule has 0 saturated carbocycles. The van der Waals surface area contributed by atoms with Crippen LogP contribution in [0.1, 0.15) is 18.9 Å². The first-order valence-electron chi connectivity index (χ1n) is 7.24. The molecule has 1 atom stereocenters. The first-order valence-corrected chi connectivity index (χ1v) is 8.18. The summed E-state index contributed by atoms with van der Waals surface area (Å²) in [7, 11) is 1.57. The van der Waals surface area contributed by atoms with Gasteiger partial charge in [-0.25, -0.2) is 0 Å². The van der Waals surface area contributed by atoms with E-state index >= 15 is 0 Å². The van der Waals surface area contributed by atoms with Gasteiger partial charge in [-0.2, -0.15) is 11.3 Å². The highest BCUT2D eigenvalue weighted by molar-refractivity contribution is 7.07. The Kier molecular flexibility index (Phi) is 6.17. The second kappa shape index (κ2) is 8.33. The highest BCUT2D eigenvalue weighted by Gasteiger charge is 2.17. The molecule has 0 fully saturated rings. The monoisotopic (exact) mass is 333 g/mol. The number of carbonyl (C=O) groups is 2. The van der Waals surface area contributed by atoms with Crippen molar-refractivity contribution in [1.82, 2.24) is 0 Å². The summed E-state index contributed by atoms with van der Waals surface area (Å²) >= 11 is 1.59. The van der Waals surface area contributed by atoms with E-state index in [4.69, 9.17) is 9.47 Å². The summed E-state index contributed by atoms with van der Waals surface area (Å²) in [6.45, 7) is 1.56. The number of esters is 1. The molecule has 1 aromatic heterocycles. The Balaban J connectivity index is 1.78. The minimum atomic E-state index is -0.841. The van der Waals surface area contributed by atoms with Crippen molar-refractivity contribution in [3.05, 3.63) is 46.7 Å². The molecule has 0 spiro atoms. The predicted molar refractivity (Wildman–Crippen MR) is 89.8 cm³/mol. The van der Waals surface area contributed by atoms with Crippen LogP contribution in [0.25, 0.3) is 0 Å². The van der Waals surface area contributed by atoms with Gasteiger partial charge in [0.15, 0.2) is 6.10 Å². The number of hydrogen-bond donors (Lipinski definition) is 1. The van der Waals surface area contributed by atoms with E-state index < -0.39 is 6.10 Å². The fourth-order valence-electron chi connectivity index (χ4n) is 1.91. The molecule has 0 aliphatic heterocycles. The molecule has 6 heteroatoms. The van der Waals surface area contributed by atoms with Gasteiger partial charge in [0.05, 0.1) is 7.11 Å². The summed E-state index contributed by atoms with van der Waals surface area (Å²) in [4.78, 5) is 23.8. The van der Waals surface area contributed by atoms with Gasteiger partial charge >= 0.3 is 5.97 Å². The van der Waals surface area contributed by atoms with Crippen molar-refractivity contribution in [1.29, 1.82) is 0 Å². The Hall–Kier alpha value is -2.34. The van der Waals surface area contributed by atoms with Gasteiger partial charge in [0.2, 0.25) is 0 Å². The quantitative estimate of drug-likeness (QED) is 0.790. The summed E-state index contributed by atoms with van der Waals surface area (Å²) < 4.78 is 10.2. The zero-order valence-corrected chi connectivity index (χ0v) is 13.9. The largest absolute Gasteiger partial charge is 0.497 e. The molecule has 1 N–H and O–H groups in total. The van der Waals surface area contributed by atoms with E-state index in [1.54, 1.807) is 49.6 Å². The summed E-state index contributed by atoms with van der Waals surface area (Å²) in [5, 5.41) is 6.65. The lowest BCUT2D eigenvalue weighted by molar-refractivity contribution is -0.153. The average molecular weight is 333 g/mol. The third-order valence-corrected chi connectivity index (χ3v) is 3.96. The van der Waals surface area contributed by atoms with Crippen LogP contribution in [0.5, 0.6) is 5.75 Å². The van der Waals surface area contributed by atoms with Gasteiger partial charge < -0.3 is 14.8 Å². The maximum absolute atomic E-state index is 12.0. The molecule has 5 nitrogen and oxygen atoms in total. The first-order chi connectivity index (χ1) is 11.1.